The number of fused-ring (bicyclic) bond motifs is 2. The van der Waals surface area contributed by atoms with Gasteiger partial charge in [-0.25, -0.2) is 4.98 Å². The molecule has 2 aliphatic heterocycles. The molecule has 0 saturated heterocycles. The minimum Gasteiger partial charge on any atom is -0.486 e. The van der Waals surface area contributed by atoms with Crippen molar-refractivity contribution in [1.29, 1.82) is 0 Å². The summed E-state index contributed by atoms with van der Waals surface area (Å²) >= 11 is 3.41. The molecule has 6 rings (SSSR count). The Bertz CT molecular complexity index is 1600. The first-order valence-electron chi connectivity index (χ1n) is 14.4. The third-order valence-corrected chi connectivity index (χ3v) is 8.49. The van der Waals surface area contributed by atoms with E-state index in [0.29, 0.717) is 49.5 Å². The fourth-order valence-corrected chi connectivity index (χ4v) is 5.88. The minimum atomic E-state index is -0.689. The van der Waals surface area contributed by atoms with E-state index in [2.05, 4.69) is 43.3 Å². The molecule has 0 spiro atoms. The first-order chi connectivity index (χ1) is 20.9. The number of aromatic nitrogens is 1. The van der Waals surface area contributed by atoms with Gasteiger partial charge in [0.05, 0.1) is 12.3 Å². The van der Waals surface area contributed by atoms with Gasteiger partial charge in [-0.15, -0.1) is 0 Å². The zero-order chi connectivity index (χ0) is 29.8. The van der Waals surface area contributed by atoms with E-state index in [1.807, 2.05) is 47.4 Å². The van der Waals surface area contributed by atoms with E-state index in [9.17, 15) is 14.7 Å². The average Bonchev–Trinajstić information content (AvgIpc) is 3.56. The van der Waals surface area contributed by atoms with Gasteiger partial charge in [-0.2, -0.15) is 13.5 Å². The van der Waals surface area contributed by atoms with Gasteiger partial charge in [0.1, 0.15) is 12.4 Å². The van der Waals surface area contributed by atoms with Crippen LogP contribution in [0.4, 0.5) is 0 Å². The normalized spacial score (nSPS) is 15.0. The number of hydrogen-bond donors (Lipinski definition) is 2. The minimum absolute atomic E-state index is 0. The third kappa shape index (κ3) is 7.71. The molecule has 0 bridgehead atoms. The Morgan fingerprint density at radius 1 is 0.955 bits per heavy atom. The second kappa shape index (κ2) is 14.4. The predicted octanol–water partition coefficient (Wildman–Crippen LogP) is 4.48. The van der Waals surface area contributed by atoms with Crippen LogP contribution in [0.5, 0.6) is 5.75 Å². The number of oxazole rings is 1. The molecule has 3 heterocycles. The Hall–Kier alpha value is -3.64. The lowest BCUT2D eigenvalue weighted by Crippen LogP contribution is -2.42. The maximum absolute atomic E-state index is 12.9. The third-order valence-electron chi connectivity index (χ3n) is 7.96. The number of carbonyl (C=O) groups excluding carboxylic acids is 2. The number of nitrogens with one attached hydrogen (secondary N) is 1. The largest absolute Gasteiger partial charge is 0.486 e. The quantitative estimate of drug-likeness (QED) is 0.269. The Morgan fingerprint density at radius 3 is 2.48 bits per heavy atom. The van der Waals surface area contributed by atoms with Crippen LogP contribution in [-0.2, 0) is 32.5 Å². The number of hydrogen-bond acceptors (Lipinski definition) is 7. The van der Waals surface area contributed by atoms with Crippen LogP contribution in [0.15, 0.2) is 82.1 Å². The van der Waals surface area contributed by atoms with E-state index in [1.54, 1.807) is 12.3 Å². The number of carbonyl (C=O) groups is 2. The molecular weight excluding hydrogens is 644 g/mol. The molecule has 2 aliphatic rings. The molecule has 3 aromatic carbocycles. The monoisotopic (exact) mass is 678 g/mol. The molecule has 0 aliphatic carbocycles. The molecule has 11 heteroatoms. The summed E-state index contributed by atoms with van der Waals surface area (Å²) in [5, 5.41) is 13.6. The number of β-amino-alcohol motifs (C(OH)–C–C–N with tert-alkyl or cyclic N) is 1. The topological polar surface area (TPSA) is 108 Å². The fourth-order valence-electron chi connectivity index (χ4n) is 5.62. The van der Waals surface area contributed by atoms with Crippen LogP contribution in [0.2, 0.25) is 0 Å². The van der Waals surface area contributed by atoms with Crippen molar-refractivity contribution in [3.8, 4) is 5.75 Å². The number of nitrogens with zero attached hydrogens (tertiary/aromatic N) is 3. The van der Waals surface area contributed by atoms with Gasteiger partial charge in [-0.1, -0.05) is 28.1 Å². The number of rotatable bonds is 9. The maximum Gasteiger partial charge on any atom is 0.254 e. The lowest BCUT2D eigenvalue weighted by molar-refractivity contribution is 0.0734. The van der Waals surface area contributed by atoms with Gasteiger partial charge >= 0.3 is 0 Å². The van der Waals surface area contributed by atoms with Gasteiger partial charge in [-0.05, 0) is 83.6 Å². The molecule has 4 aromatic rings. The molecule has 2 amide bonds. The first kappa shape index (κ1) is 31.8. The van der Waals surface area contributed by atoms with Crippen LogP contribution in [0.25, 0.3) is 0 Å². The molecule has 230 valence electrons. The van der Waals surface area contributed by atoms with Crippen molar-refractivity contribution >= 4 is 41.2 Å². The molecule has 44 heavy (non-hydrogen) atoms. The Morgan fingerprint density at radius 2 is 1.68 bits per heavy atom. The number of aliphatic hydroxyl groups is 1. The molecule has 0 unspecified atom stereocenters. The van der Waals surface area contributed by atoms with Crippen molar-refractivity contribution in [1.82, 2.24) is 20.1 Å². The molecule has 1 atom stereocenters. The van der Waals surface area contributed by atoms with Gasteiger partial charge in [0.15, 0.2) is 12.2 Å². The van der Waals surface area contributed by atoms with Crippen LogP contribution >= 0.6 is 29.4 Å². The van der Waals surface area contributed by atoms with E-state index in [4.69, 9.17) is 9.15 Å². The average molecular weight is 680 g/mol. The standard InChI is InChI=1S/C33H33BrN4O5.H2S/c34-28-6-3-22(4-7-28)33(41)38-12-10-23-13-25(1-2-27(23)18-38)32(40)36-15-29(39)19-37-11-9-24-14-30(8-5-26(24)17-37)42-20-31-16-35-21-43-31;/h1-8,13-14,16,21,29,39H,9-12,15,17-20H2,(H,36,40);1H2/t29-;/m0./s1. The zero-order valence-corrected chi connectivity index (χ0v) is 26.8. The van der Waals surface area contributed by atoms with Crippen LogP contribution in [0, 0.1) is 0 Å². The van der Waals surface area contributed by atoms with Crippen LogP contribution in [0.3, 0.4) is 0 Å². The maximum atomic E-state index is 12.9. The van der Waals surface area contributed by atoms with Gasteiger partial charge in [0, 0.05) is 54.9 Å². The summed E-state index contributed by atoms with van der Waals surface area (Å²) in [6.07, 6.45) is 3.88. The van der Waals surface area contributed by atoms with Crippen molar-refractivity contribution in [3.05, 3.63) is 117 Å². The first-order valence-corrected chi connectivity index (χ1v) is 15.2. The van der Waals surface area contributed by atoms with Crippen molar-refractivity contribution in [2.45, 2.75) is 38.6 Å². The van der Waals surface area contributed by atoms with Gasteiger partial charge in [0.25, 0.3) is 11.8 Å². The molecule has 9 nitrogen and oxygen atoms in total. The highest BCUT2D eigenvalue weighted by atomic mass is 79.9. The van der Waals surface area contributed by atoms with Gasteiger partial charge in [0.2, 0.25) is 0 Å². The summed E-state index contributed by atoms with van der Waals surface area (Å²) in [6, 6.07) is 19.1. The SMILES string of the molecule is O=C(NC[C@H](O)CN1CCc2cc(OCc3cnco3)ccc2C1)c1ccc2c(c1)CCN(C(=O)c1ccc(Br)cc1)C2.S. The highest BCUT2D eigenvalue weighted by molar-refractivity contribution is 9.10. The second-order valence-corrected chi connectivity index (χ2v) is 11.9. The van der Waals surface area contributed by atoms with E-state index < -0.39 is 6.10 Å². The number of halogens is 1. The molecule has 0 radical (unpaired) electrons. The smallest absolute Gasteiger partial charge is 0.254 e. The van der Waals surface area contributed by atoms with E-state index in [0.717, 1.165) is 40.9 Å². The van der Waals surface area contributed by atoms with E-state index >= 15 is 0 Å². The highest BCUT2D eigenvalue weighted by Crippen LogP contribution is 2.25. The summed E-state index contributed by atoms with van der Waals surface area (Å²) in [7, 11) is 0. The molecular formula is C33H35BrN4O5S. The second-order valence-electron chi connectivity index (χ2n) is 11.0. The van der Waals surface area contributed by atoms with Crippen molar-refractivity contribution in [2.75, 3.05) is 26.2 Å². The Kier molecular flexibility index (Phi) is 10.4. The van der Waals surface area contributed by atoms with Crippen molar-refractivity contribution in [3.63, 3.8) is 0 Å². The van der Waals surface area contributed by atoms with Crippen molar-refractivity contribution < 1.29 is 23.8 Å². The lowest BCUT2D eigenvalue weighted by atomic mass is 9.96. The summed E-state index contributed by atoms with van der Waals surface area (Å²) in [5.74, 6) is 1.26. The summed E-state index contributed by atoms with van der Waals surface area (Å²) in [6.45, 7) is 3.63. The molecule has 2 N–H and O–H groups in total. The number of aliphatic hydroxyl groups excluding tert-OH is 1. The number of benzene rings is 3. The van der Waals surface area contributed by atoms with Crippen LogP contribution in [-0.4, -0.2) is 64.0 Å². The lowest BCUT2D eigenvalue weighted by Gasteiger charge is -2.30. The molecule has 0 saturated carbocycles. The highest BCUT2D eigenvalue weighted by Gasteiger charge is 2.24. The molecule has 1 aromatic heterocycles. The van der Waals surface area contributed by atoms with Gasteiger partial charge in [-0.3, -0.25) is 14.5 Å². The van der Waals surface area contributed by atoms with Gasteiger partial charge < -0.3 is 24.5 Å². The Labute approximate surface area is 271 Å². The van der Waals surface area contributed by atoms with E-state index in [1.165, 1.54) is 17.5 Å². The van der Waals surface area contributed by atoms with Crippen LogP contribution in [0.1, 0.15) is 48.7 Å². The summed E-state index contributed by atoms with van der Waals surface area (Å²) < 4.78 is 12.0. The van der Waals surface area contributed by atoms with Crippen LogP contribution < -0.4 is 10.1 Å². The van der Waals surface area contributed by atoms with Crippen molar-refractivity contribution in [2.24, 2.45) is 0 Å². The van der Waals surface area contributed by atoms with E-state index in [-0.39, 0.29) is 31.9 Å². The molecule has 0 fully saturated rings. The Balaban J connectivity index is 0.00000384. The summed E-state index contributed by atoms with van der Waals surface area (Å²) in [5.41, 5.74) is 5.79. The zero-order valence-electron chi connectivity index (χ0n) is 24.2. The fraction of sp³-hybridized carbons (Fsp3) is 0.303. The predicted molar refractivity (Wildman–Crippen MR) is 174 cm³/mol. The number of ether oxygens (including phenoxy) is 1. The number of amides is 2. The summed E-state index contributed by atoms with van der Waals surface area (Å²) in [4.78, 5) is 33.8.